The standard InChI is InChI=1S/C21H17ClFNO3/c1-12-7-9-14(10-8-12)24-13(2)19(21(26)27-3)16(20(24)25)11-15-17(22)5-4-6-18(15)23/h4-11H,1-3H3/b16-11+. The van der Waals surface area contributed by atoms with Gasteiger partial charge >= 0.3 is 5.97 Å². The summed E-state index contributed by atoms with van der Waals surface area (Å²) in [6.45, 7) is 3.58. The zero-order chi connectivity index (χ0) is 19.7. The molecule has 1 amide bonds. The molecule has 0 spiro atoms. The van der Waals surface area contributed by atoms with E-state index < -0.39 is 17.7 Å². The summed E-state index contributed by atoms with van der Waals surface area (Å²) in [5.41, 5.74) is 2.22. The molecule has 6 heteroatoms. The summed E-state index contributed by atoms with van der Waals surface area (Å²) in [5, 5.41) is 0.144. The maximum absolute atomic E-state index is 14.2. The second kappa shape index (κ2) is 7.37. The van der Waals surface area contributed by atoms with Crippen LogP contribution in [0.4, 0.5) is 10.1 Å². The van der Waals surface area contributed by atoms with Crippen LogP contribution >= 0.6 is 11.6 Å². The molecular weight excluding hydrogens is 369 g/mol. The van der Waals surface area contributed by atoms with E-state index in [1.807, 2.05) is 19.1 Å². The number of benzene rings is 2. The van der Waals surface area contributed by atoms with Crippen LogP contribution in [0, 0.1) is 12.7 Å². The van der Waals surface area contributed by atoms with E-state index in [1.165, 1.54) is 36.3 Å². The third-order valence-corrected chi connectivity index (χ3v) is 4.70. The van der Waals surface area contributed by atoms with Gasteiger partial charge in [0.05, 0.1) is 23.3 Å². The van der Waals surface area contributed by atoms with E-state index in [4.69, 9.17) is 16.3 Å². The number of amides is 1. The van der Waals surface area contributed by atoms with Crippen molar-refractivity contribution in [3.63, 3.8) is 0 Å². The van der Waals surface area contributed by atoms with E-state index in [0.29, 0.717) is 11.4 Å². The fraction of sp³-hybridized carbons (Fsp3) is 0.143. The molecule has 0 bridgehead atoms. The highest BCUT2D eigenvalue weighted by molar-refractivity contribution is 6.32. The molecule has 0 saturated carbocycles. The first-order valence-electron chi connectivity index (χ1n) is 8.21. The molecule has 1 aliphatic heterocycles. The lowest BCUT2D eigenvalue weighted by Crippen LogP contribution is -2.24. The van der Waals surface area contributed by atoms with Crippen LogP contribution in [-0.2, 0) is 14.3 Å². The van der Waals surface area contributed by atoms with Gasteiger partial charge < -0.3 is 4.74 Å². The lowest BCUT2D eigenvalue weighted by molar-refractivity contribution is -0.136. The molecule has 1 aliphatic rings. The van der Waals surface area contributed by atoms with Crippen molar-refractivity contribution in [3.05, 3.63) is 81.3 Å². The summed E-state index contributed by atoms with van der Waals surface area (Å²) in [4.78, 5) is 26.9. The monoisotopic (exact) mass is 385 g/mol. The average Bonchev–Trinajstić information content (AvgIpc) is 2.88. The Bertz CT molecular complexity index is 973. The summed E-state index contributed by atoms with van der Waals surface area (Å²) in [5.74, 6) is -1.70. The van der Waals surface area contributed by atoms with E-state index in [-0.39, 0.29) is 21.7 Å². The van der Waals surface area contributed by atoms with Crippen molar-refractivity contribution in [3.8, 4) is 0 Å². The molecule has 4 nitrogen and oxygen atoms in total. The van der Waals surface area contributed by atoms with Crippen molar-refractivity contribution in [1.82, 2.24) is 0 Å². The number of hydrogen-bond donors (Lipinski definition) is 0. The highest BCUT2D eigenvalue weighted by Gasteiger charge is 2.38. The number of esters is 1. The number of aryl methyl sites for hydroxylation is 1. The Morgan fingerprint density at radius 2 is 1.81 bits per heavy atom. The lowest BCUT2D eigenvalue weighted by Gasteiger charge is -2.18. The molecule has 0 radical (unpaired) electrons. The number of rotatable bonds is 3. The van der Waals surface area contributed by atoms with Gasteiger partial charge in [0.15, 0.2) is 0 Å². The van der Waals surface area contributed by atoms with Crippen LogP contribution in [0.5, 0.6) is 0 Å². The van der Waals surface area contributed by atoms with Crippen LogP contribution in [0.1, 0.15) is 18.1 Å². The Kier molecular flexibility index (Phi) is 5.15. The molecule has 2 aromatic rings. The van der Waals surface area contributed by atoms with Crippen molar-refractivity contribution >= 4 is 35.2 Å². The lowest BCUT2D eigenvalue weighted by atomic mass is 10.0. The number of hydrogen-bond acceptors (Lipinski definition) is 3. The van der Waals surface area contributed by atoms with E-state index in [2.05, 4.69) is 0 Å². The van der Waals surface area contributed by atoms with Crippen LogP contribution in [0.15, 0.2) is 59.3 Å². The highest BCUT2D eigenvalue weighted by atomic mass is 35.5. The maximum atomic E-state index is 14.2. The summed E-state index contributed by atoms with van der Waals surface area (Å²) in [6, 6.07) is 11.5. The number of methoxy groups -OCH3 is 1. The summed E-state index contributed by atoms with van der Waals surface area (Å²) < 4.78 is 19.1. The quantitative estimate of drug-likeness (QED) is 0.570. The van der Waals surface area contributed by atoms with Gasteiger partial charge in [-0.05, 0) is 44.2 Å². The second-order valence-electron chi connectivity index (χ2n) is 6.12. The Labute approximate surface area is 161 Å². The molecule has 0 saturated heterocycles. The minimum atomic E-state index is -0.672. The molecule has 0 N–H and O–H groups in total. The van der Waals surface area contributed by atoms with Crippen molar-refractivity contribution < 1.29 is 18.7 Å². The SMILES string of the molecule is COC(=O)C1=C(C)N(c2ccc(C)cc2)C(=O)/C1=C/c1c(F)cccc1Cl. The van der Waals surface area contributed by atoms with Crippen LogP contribution in [0.25, 0.3) is 6.08 Å². The molecule has 0 fully saturated rings. The number of nitrogens with zero attached hydrogens (tertiary/aromatic N) is 1. The number of halogens is 2. The van der Waals surface area contributed by atoms with Gasteiger partial charge in [-0.1, -0.05) is 35.4 Å². The van der Waals surface area contributed by atoms with E-state index in [9.17, 15) is 14.0 Å². The first kappa shape index (κ1) is 18.9. The summed E-state index contributed by atoms with van der Waals surface area (Å²) in [6.07, 6.45) is 1.30. The summed E-state index contributed by atoms with van der Waals surface area (Å²) >= 11 is 6.08. The normalized spacial score (nSPS) is 15.7. The Morgan fingerprint density at radius 1 is 1.15 bits per heavy atom. The number of anilines is 1. The summed E-state index contributed by atoms with van der Waals surface area (Å²) in [7, 11) is 1.23. The molecule has 1 heterocycles. The fourth-order valence-electron chi connectivity index (χ4n) is 2.98. The predicted octanol–water partition coefficient (Wildman–Crippen LogP) is 4.66. The van der Waals surface area contributed by atoms with Gasteiger partial charge in [0, 0.05) is 16.9 Å². The first-order valence-corrected chi connectivity index (χ1v) is 8.59. The van der Waals surface area contributed by atoms with Crippen molar-refractivity contribution in [2.45, 2.75) is 13.8 Å². The molecular formula is C21H17ClFNO3. The Hall–Kier alpha value is -2.92. The second-order valence-corrected chi connectivity index (χ2v) is 6.53. The molecule has 138 valence electrons. The van der Waals surface area contributed by atoms with Crippen LogP contribution in [-0.4, -0.2) is 19.0 Å². The van der Waals surface area contributed by atoms with E-state index in [1.54, 1.807) is 19.1 Å². The molecule has 0 aliphatic carbocycles. The minimum Gasteiger partial charge on any atom is -0.465 e. The third-order valence-electron chi connectivity index (χ3n) is 4.37. The van der Waals surface area contributed by atoms with Crippen LogP contribution < -0.4 is 4.90 Å². The van der Waals surface area contributed by atoms with Crippen LogP contribution in [0.3, 0.4) is 0 Å². The zero-order valence-corrected chi connectivity index (χ0v) is 15.8. The molecule has 0 unspecified atom stereocenters. The molecule has 0 atom stereocenters. The Morgan fingerprint density at radius 3 is 2.41 bits per heavy atom. The maximum Gasteiger partial charge on any atom is 0.340 e. The number of allylic oxidation sites excluding steroid dienone is 1. The average molecular weight is 386 g/mol. The smallest absolute Gasteiger partial charge is 0.340 e. The Balaban J connectivity index is 2.19. The number of ether oxygens (including phenoxy) is 1. The van der Waals surface area contributed by atoms with Crippen molar-refractivity contribution in [1.29, 1.82) is 0 Å². The van der Waals surface area contributed by atoms with Gasteiger partial charge in [0.2, 0.25) is 0 Å². The number of carbonyl (C=O) groups excluding carboxylic acids is 2. The fourth-order valence-corrected chi connectivity index (χ4v) is 3.20. The largest absolute Gasteiger partial charge is 0.465 e. The van der Waals surface area contributed by atoms with Crippen molar-refractivity contribution in [2.75, 3.05) is 12.0 Å². The topological polar surface area (TPSA) is 46.6 Å². The zero-order valence-electron chi connectivity index (χ0n) is 15.0. The first-order chi connectivity index (χ1) is 12.8. The van der Waals surface area contributed by atoms with Gasteiger partial charge in [0.25, 0.3) is 5.91 Å². The number of carbonyl (C=O) groups is 2. The molecule has 2 aromatic carbocycles. The third kappa shape index (κ3) is 3.38. The predicted molar refractivity (Wildman–Crippen MR) is 103 cm³/mol. The van der Waals surface area contributed by atoms with Gasteiger partial charge in [-0.25, -0.2) is 9.18 Å². The van der Waals surface area contributed by atoms with Gasteiger partial charge in [-0.3, -0.25) is 9.69 Å². The minimum absolute atomic E-state index is 0.0342. The molecule has 27 heavy (non-hydrogen) atoms. The van der Waals surface area contributed by atoms with Crippen molar-refractivity contribution in [2.24, 2.45) is 0 Å². The van der Waals surface area contributed by atoms with Gasteiger partial charge in [-0.15, -0.1) is 0 Å². The molecule has 3 rings (SSSR count). The van der Waals surface area contributed by atoms with Gasteiger partial charge in [-0.2, -0.15) is 0 Å². The molecule has 0 aromatic heterocycles. The van der Waals surface area contributed by atoms with Gasteiger partial charge in [0.1, 0.15) is 5.82 Å². The highest BCUT2D eigenvalue weighted by Crippen LogP contribution is 2.36. The van der Waals surface area contributed by atoms with E-state index in [0.717, 1.165) is 5.56 Å². The van der Waals surface area contributed by atoms with E-state index >= 15 is 0 Å². The van der Waals surface area contributed by atoms with Crippen LogP contribution in [0.2, 0.25) is 5.02 Å².